The van der Waals surface area contributed by atoms with E-state index in [9.17, 15) is 9.59 Å². The highest BCUT2D eigenvalue weighted by Crippen LogP contribution is 2.32. The zero-order valence-electron chi connectivity index (χ0n) is 13.1. The molecule has 0 fully saturated rings. The van der Waals surface area contributed by atoms with Crippen molar-refractivity contribution in [3.63, 3.8) is 0 Å². The molecule has 0 atom stereocenters. The van der Waals surface area contributed by atoms with E-state index < -0.39 is 5.97 Å². The number of ether oxygens (including phenoxy) is 1. The largest absolute Gasteiger partial charge is 0.423 e. The maximum absolute atomic E-state index is 12.3. The Labute approximate surface area is 139 Å². The van der Waals surface area contributed by atoms with E-state index in [-0.39, 0.29) is 19.0 Å². The Hall–Kier alpha value is -3.33. The van der Waals surface area contributed by atoms with Crippen LogP contribution in [0.2, 0.25) is 0 Å². The van der Waals surface area contributed by atoms with Crippen LogP contribution in [0.4, 0.5) is 11.4 Å². The molecular formula is C18H15N3O3. The van der Waals surface area contributed by atoms with Crippen LogP contribution in [-0.4, -0.2) is 25.0 Å². The molecule has 0 saturated carbocycles. The average molecular weight is 321 g/mol. The van der Waals surface area contributed by atoms with E-state index in [1.807, 2.05) is 25.1 Å². The molecule has 1 heterocycles. The summed E-state index contributed by atoms with van der Waals surface area (Å²) >= 11 is 0. The van der Waals surface area contributed by atoms with Gasteiger partial charge in [0.05, 0.1) is 23.5 Å². The lowest BCUT2D eigenvalue weighted by atomic mass is 10.1. The second kappa shape index (κ2) is 6.42. The number of nitriles is 1. The Morgan fingerprint density at radius 1 is 1.33 bits per heavy atom. The quantitative estimate of drug-likeness (QED) is 0.692. The second-order valence-electron chi connectivity index (χ2n) is 5.51. The molecule has 0 saturated heterocycles. The van der Waals surface area contributed by atoms with E-state index in [1.165, 1.54) is 0 Å². The number of hydrogen-bond donors (Lipinski definition) is 1. The minimum Gasteiger partial charge on any atom is -0.423 e. The Kier molecular flexibility index (Phi) is 4.17. The van der Waals surface area contributed by atoms with Gasteiger partial charge in [0, 0.05) is 0 Å². The summed E-state index contributed by atoms with van der Waals surface area (Å²) in [7, 11) is 0. The highest BCUT2D eigenvalue weighted by molar-refractivity contribution is 5.97. The first-order valence-corrected chi connectivity index (χ1v) is 7.42. The van der Waals surface area contributed by atoms with Gasteiger partial charge in [-0.1, -0.05) is 18.2 Å². The third-order valence-electron chi connectivity index (χ3n) is 3.65. The molecule has 2 aromatic carbocycles. The molecule has 1 aliphatic rings. The number of carbonyl (C=O) groups is 2. The molecule has 6 heteroatoms. The lowest BCUT2D eigenvalue weighted by Gasteiger charge is -2.29. The number of para-hydroxylation sites is 1. The summed E-state index contributed by atoms with van der Waals surface area (Å²) in [6, 6.07) is 14.2. The Bertz CT molecular complexity index is 855. The van der Waals surface area contributed by atoms with E-state index in [0.29, 0.717) is 22.7 Å². The summed E-state index contributed by atoms with van der Waals surface area (Å²) in [6.07, 6.45) is 0. The Morgan fingerprint density at radius 3 is 2.92 bits per heavy atom. The number of hydrogen-bond acceptors (Lipinski definition) is 5. The summed E-state index contributed by atoms with van der Waals surface area (Å²) in [6.45, 7) is 1.92. The number of nitrogens with one attached hydrogen (secondary N) is 1. The number of anilines is 2. The summed E-state index contributed by atoms with van der Waals surface area (Å²) < 4.78 is 5.20. The number of rotatable bonds is 3. The fourth-order valence-corrected chi connectivity index (χ4v) is 2.55. The molecule has 1 N–H and O–H groups in total. The summed E-state index contributed by atoms with van der Waals surface area (Å²) in [4.78, 5) is 25.7. The van der Waals surface area contributed by atoms with Gasteiger partial charge in [-0.2, -0.15) is 5.26 Å². The van der Waals surface area contributed by atoms with Gasteiger partial charge < -0.3 is 15.0 Å². The van der Waals surface area contributed by atoms with Gasteiger partial charge in [0.2, 0.25) is 5.91 Å². The lowest BCUT2D eigenvalue weighted by Crippen LogP contribution is -2.41. The number of fused-ring (bicyclic) bond motifs is 1. The van der Waals surface area contributed by atoms with Crippen molar-refractivity contribution in [1.82, 2.24) is 0 Å². The van der Waals surface area contributed by atoms with Gasteiger partial charge >= 0.3 is 5.97 Å². The van der Waals surface area contributed by atoms with Crippen LogP contribution in [0.15, 0.2) is 42.5 Å². The normalized spacial score (nSPS) is 12.8. The maximum Gasteiger partial charge on any atom is 0.331 e. The van der Waals surface area contributed by atoms with Gasteiger partial charge in [-0.05, 0) is 36.8 Å². The van der Waals surface area contributed by atoms with Gasteiger partial charge in [0.25, 0.3) is 0 Å². The Morgan fingerprint density at radius 2 is 2.12 bits per heavy atom. The van der Waals surface area contributed by atoms with Crippen LogP contribution in [0, 0.1) is 18.3 Å². The fourth-order valence-electron chi connectivity index (χ4n) is 2.55. The summed E-state index contributed by atoms with van der Waals surface area (Å²) in [5.41, 5.74) is 2.56. The lowest BCUT2D eigenvalue weighted by molar-refractivity contribution is -0.133. The number of nitrogens with zero attached hydrogens (tertiary/aromatic N) is 2. The minimum atomic E-state index is -0.406. The predicted molar refractivity (Wildman–Crippen MR) is 88.8 cm³/mol. The van der Waals surface area contributed by atoms with Crippen LogP contribution >= 0.6 is 0 Å². The van der Waals surface area contributed by atoms with Crippen LogP contribution in [-0.2, 0) is 9.59 Å². The molecule has 120 valence electrons. The third-order valence-corrected chi connectivity index (χ3v) is 3.65. The van der Waals surface area contributed by atoms with Crippen molar-refractivity contribution in [2.75, 3.05) is 23.3 Å². The molecule has 0 spiro atoms. The smallest absolute Gasteiger partial charge is 0.331 e. The minimum absolute atomic E-state index is 0.00374. The van der Waals surface area contributed by atoms with E-state index >= 15 is 0 Å². The molecule has 0 bridgehead atoms. The van der Waals surface area contributed by atoms with Gasteiger partial charge in [-0.25, -0.2) is 4.79 Å². The van der Waals surface area contributed by atoms with Crippen LogP contribution in [0.5, 0.6) is 5.75 Å². The highest BCUT2D eigenvalue weighted by atomic mass is 16.5. The van der Waals surface area contributed by atoms with E-state index in [4.69, 9.17) is 10.00 Å². The molecule has 6 nitrogen and oxygen atoms in total. The fraction of sp³-hybridized carbons (Fsp3) is 0.167. The number of amides is 1. The summed E-state index contributed by atoms with van der Waals surface area (Å²) in [5.74, 6) is -0.265. The van der Waals surface area contributed by atoms with E-state index in [0.717, 1.165) is 5.56 Å². The molecule has 2 aromatic rings. The molecule has 0 unspecified atom stereocenters. The molecule has 24 heavy (non-hydrogen) atoms. The van der Waals surface area contributed by atoms with Crippen LogP contribution in [0.25, 0.3) is 0 Å². The van der Waals surface area contributed by atoms with Crippen molar-refractivity contribution in [2.45, 2.75) is 6.92 Å². The third kappa shape index (κ3) is 3.20. The number of carbonyl (C=O) groups excluding carboxylic acids is 2. The van der Waals surface area contributed by atoms with Gasteiger partial charge in [-0.3, -0.25) is 4.79 Å². The van der Waals surface area contributed by atoms with Crippen molar-refractivity contribution in [1.29, 1.82) is 5.26 Å². The van der Waals surface area contributed by atoms with E-state index in [2.05, 4.69) is 5.32 Å². The molecular weight excluding hydrogens is 306 g/mol. The zero-order valence-corrected chi connectivity index (χ0v) is 13.1. The topological polar surface area (TPSA) is 82.4 Å². The van der Waals surface area contributed by atoms with Gasteiger partial charge in [0.15, 0.2) is 5.75 Å². The molecule has 0 radical (unpaired) electrons. The molecule has 0 aliphatic carbocycles. The van der Waals surface area contributed by atoms with Gasteiger partial charge in [-0.15, -0.1) is 0 Å². The van der Waals surface area contributed by atoms with Crippen LogP contribution in [0.3, 0.4) is 0 Å². The first kappa shape index (κ1) is 15.6. The average Bonchev–Trinajstić information content (AvgIpc) is 2.56. The van der Waals surface area contributed by atoms with Crippen molar-refractivity contribution >= 4 is 23.3 Å². The predicted octanol–water partition coefficient (Wildman–Crippen LogP) is 2.23. The van der Waals surface area contributed by atoms with Crippen molar-refractivity contribution in [3.8, 4) is 11.8 Å². The number of benzene rings is 2. The van der Waals surface area contributed by atoms with Crippen molar-refractivity contribution < 1.29 is 14.3 Å². The molecule has 0 aromatic heterocycles. The first-order valence-electron chi connectivity index (χ1n) is 7.42. The second-order valence-corrected chi connectivity index (χ2v) is 5.51. The monoisotopic (exact) mass is 321 g/mol. The zero-order chi connectivity index (χ0) is 17.1. The van der Waals surface area contributed by atoms with E-state index in [1.54, 1.807) is 35.2 Å². The van der Waals surface area contributed by atoms with Crippen LogP contribution in [0.1, 0.15) is 11.1 Å². The Balaban J connectivity index is 1.79. The van der Waals surface area contributed by atoms with Crippen LogP contribution < -0.4 is 15.0 Å². The molecule has 3 rings (SSSR count). The standard InChI is InChI=1S/C18H15N3O3/c1-12-6-7-16-15(8-12)21(11-18(23)24-16)10-17(22)20-14-5-3-2-4-13(14)9-19/h2-8H,10-11H2,1H3,(H,20,22). The number of aryl methyl sites for hydroxylation is 1. The highest BCUT2D eigenvalue weighted by Gasteiger charge is 2.25. The molecule has 1 aliphatic heterocycles. The van der Waals surface area contributed by atoms with Gasteiger partial charge in [0.1, 0.15) is 12.6 Å². The summed E-state index contributed by atoms with van der Waals surface area (Å²) in [5, 5.41) is 11.8. The first-order chi connectivity index (χ1) is 11.6. The SMILES string of the molecule is Cc1ccc2c(c1)N(CC(=O)Nc1ccccc1C#N)CC(=O)O2. The molecule has 1 amide bonds. The van der Waals surface area contributed by atoms with Crippen molar-refractivity contribution in [2.24, 2.45) is 0 Å². The maximum atomic E-state index is 12.3. The van der Waals surface area contributed by atoms with Crippen molar-refractivity contribution in [3.05, 3.63) is 53.6 Å². The number of esters is 1.